The first-order chi connectivity index (χ1) is 15.2. The lowest BCUT2D eigenvalue weighted by Gasteiger charge is -2.09. The Morgan fingerprint density at radius 1 is 0.742 bits per heavy atom. The number of fused-ring (bicyclic) bond motifs is 1. The summed E-state index contributed by atoms with van der Waals surface area (Å²) in [4.78, 5) is 9.16. The van der Waals surface area contributed by atoms with Gasteiger partial charge in [0, 0.05) is 24.5 Å². The molecule has 0 saturated heterocycles. The van der Waals surface area contributed by atoms with Gasteiger partial charge in [0.05, 0.1) is 11.7 Å². The van der Waals surface area contributed by atoms with Crippen LogP contribution in [0, 0.1) is 0 Å². The van der Waals surface area contributed by atoms with Crippen LogP contribution in [0.1, 0.15) is 0 Å². The summed E-state index contributed by atoms with van der Waals surface area (Å²) >= 11 is 0. The van der Waals surface area contributed by atoms with Crippen molar-refractivity contribution in [2.45, 2.75) is 0 Å². The molecule has 0 aliphatic carbocycles. The first-order valence-electron chi connectivity index (χ1n) is 9.99. The fourth-order valence-corrected chi connectivity index (χ4v) is 3.31. The molecule has 0 aliphatic rings. The summed E-state index contributed by atoms with van der Waals surface area (Å²) in [7, 11) is 1.99. The number of hydrogen-bond acceptors (Lipinski definition) is 5. The molecule has 3 aromatic carbocycles. The number of aromatic nitrogens is 3. The number of imidazole rings is 1. The number of ether oxygens (including phenoxy) is 1. The topological polar surface area (TPSA) is 64.0 Å². The normalized spacial score (nSPS) is 10.7. The molecule has 0 radical (unpaired) electrons. The van der Waals surface area contributed by atoms with E-state index in [-0.39, 0.29) is 0 Å². The van der Waals surface area contributed by atoms with Gasteiger partial charge in [0.2, 0.25) is 5.95 Å². The van der Waals surface area contributed by atoms with Gasteiger partial charge in [0.15, 0.2) is 0 Å². The van der Waals surface area contributed by atoms with Crippen molar-refractivity contribution in [1.29, 1.82) is 0 Å². The standard InChI is InChI=1S/C25H21N5O/c1-30-23-16-24(26-17-22(23)29-25(30)28-18-8-4-2-5-9-18)27-19-12-14-21(15-13-19)31-20-10-6-3-7-11-20/h2-17H,1H3,(H,26,27)(H,28,29). The summed E-state index contributed by atoms with van der Waals surface area (Å²) in [5.41, 5.74) is 3.74. The molecular weight excluding hydrogens is 386 g/mol. The zero-order chi connectivity index (χ0) is 21.0. The van der Waals surface area contributed by atoms with Gasteiger partial charge < -0.3 is 19.9 Å². The second-order valence-electron chi connectivity index (χ2n) is 7.11. The van der Waals surface area contributed by atoms with Gasteiger partial charge >= 0.3 is 0 Å². The smallest absolute Gasteiger partial charge is 0.208 e. The molecular formula is C25H21N5O. The molecule has 0 aliphatic heterocycles. The number of benzene rings is 3. The van der Waals surface area contributed by atoms with Crippen LogP contribution in [-0.4, -0.2) is 14.5 Å². The molecule has 0 unspecified atom stereocenters. The van der Waals surface area contributed by atoms with Crippen molar-refractivity contribution in [3.05, 3.63) is 97.2 Å². The number of hydrogen-bond donors (Lipinski definition) is 2. The Kier molecular flexibility index (Phi) is 4.94. The second-order valence-corrected chi connectivity index (χ2v) is 7.11. The van der Waals surface area contributed by atoms with Crippen molar-refractivity contribution < 1.29 is 4.74 Å². The minimum Gasteiger partial charge on any atom is -0.457 e. The van der Waals surface area contributed by atoms with Crippen molar-refractivity contribution in [1.82, 2.24) is 14.5 Å². The SMILES string of the molecule is Cn1c(Nc2ccccc2)nc2cnc(Nc3ccc(Oc4ccccc4)cc3)cc21. The van der Waals surface area contributed by atoms with Crippen LogP contribution >= 0.6 is 0 Å². The maximum absolute atomic E-state index is 5.85. The zero-order valence-corrected chi connectivity index (χ0v) is 17.0. The van der Waals surface area contributed by atoms with E-state index in [4.69, 9.17) is 4.74 Å². The predicted molar refractivity (Wildman–Crippen MR) is 124 cm³/mol. The number of nitrogens with one attached hydrogen (secondary N) is 2. The van der Waals surface area contributed by atoms with E-state index in [0.717, 1.165) is 45.7 Å². The third-order valence-electron chi connectivity index (χ3n) is 4.90. The van der Waals surface area contributed by atoms with Crippen molar-refractivity contribution in [2.75, 3.05) is 10.6 Å². The van der Waals surface area contributed by atoms with Crippen LogP contribution < -0.4 is 15.4 Å². The van der Waals surface area contributed by atoms with E-state index in [1.165, 1.54) is 0 Å². The fourth-order valence-electron chi connectivity index (χ4n) is 3.31. The van der Waals surface area contributed by atoms with Gasteiger partial charge in [-0.05, 0) is 48.5 Å². The highest BCUT2D eigenvalue weighted by molar-refractivity contribution is 5.82. The Balaban J connectivity index is 1.33. The van der Waals surface area contributed by atoms with Crippen molar-refractivity contribution in [3.8, 4) is 11.5 Å². The number of aryl methyl sites for hydroxylation is 1. The van der Waals surface area contributed by atoms with Gasteiger partial charge in [-0.25, -0.2) is 9.97 Å². The fraction of sp³-hybridized carbons (Fsp3) is 0.0400. The van der Waals surface area contributed by atoms with E-state index in [0.29, 0.717) is 0 Å². The predicted octanol–water partition coefficient (Wildman–Crippen LogP) is 6.25. The first-order valence-corrected chi connectivity index (χ1v) is 9.99. The third-order valence-corrected chi connectivity index (χ3v) is 4.90. The molecule has 31 heavy (non-hydrogen) atoms. The van der Waals surface area contributed by atoms with Gasteiger partial charge in [-0.2, -0.15) is 0 Å². The van der Waals surface area contributed by atoms with Crippen LogP contribution in [-0.2, 0) is 7.05 Å². The molecule has 5 rings (SSSR count). The van der Waals surface area contributed by atoms with Crippen LogP contribution in [0.5, 0.6) is 11.5 Å². The van der Waals surface area contributed by atoms with Crippen LogP contribution in [0.15, 0.2) is 97.2 Å². The maximum Gasteiger partial charge on any atom is 0.208 e. The summed E-state index contributed by atoms with van der Waals surface area (Å²) in [6, 6.07) is 29.5. The first kappa shape index (κ1) is 18.7. The highest BCUT2D eigenvalue weighted by Crippen LogP contribution is 2.26. The molecule has 5 aromatic rings. The zero-order valence-electron chi connectivity index (χ0n) is 17.0. The Labute approximate surface area is 180 Å². The van der Waals surface area contributed by atoms with Crippen molar-refractivity contribution in [3.63, 3.8) is 0 Å². The molecule has 0 spiro atoms. The maximum atomic E-state index is 5.85. The Morgan fingerprint density at radius 2 is 1.39 bits per heavy atom. The summed E-state index contributed by atoms with van der Waals surface area (Å²) in [5, 5.41) is 6.69. The Hall–Kier alpha value is -4.32. The van der Waals surface area contributed by atoms with Gasteiger partial charge in [-0.1, -0.05) is 36.4 Å². The lowest BCUT2D eigenvalue weighted by molar-refractivity contribution is 0.483. The lowest BCUT2D eigenvalue weighted by atomic mass is 10.3. The van der Waals surface area contributed by atoms with Crippen LogP contribution in [0.3, 0.4) is 0 Å². The molecule has 2 N–H and O–H groups in total. The molecule has 0 bridgehead atoms. The Morgan fingerprint density at radius 3 is 2.13 bits per heavy atom. The van der Waals surface area contributed by atoms with E-state index < -0.39 is 0 Å². The van der Waals surface area contributed by atoms with E-state index in [2.05, 4.69) is 20.6 Å². The monoisotopic (exact) mass is 407 g/mol. The molecule has 2 aromatic heterocycles. The molecule has 6 heteroatoms. The highest BCUT2D eigenvalue weighted by Gasteiger charge is 2.10. The minimum atomic E-state index is 0.749. The average molecular weight is 407 g/mol. The minimum absolute atomic E-state index is 0.749. The number of nitrogens with zero attached hydrogens (tertiary/aromatic N) is 3. The molecule has 0 atom stereocenters. The number of anilines is 4. The molecule has 152 valence electrons. The van der Waals surface area contributed by atoms with Gasteiger partial charge in [-0.15, -0.1) is 0 Å². The van der Waals surface area contributed by atoms with Crippen molar-refractivity contribution in [2.24, 2.45) is 7.05 Å². The number of para-hydroxylation sites is 2. The lowest BCUT2D eigenvalue weighted by Crippen LogP contribution is -1.99. The Bertz CT molecular complexity index is 1300. The van der Waals surface area contributed by atoms with E-state index in [1.54, 1.807) is 6.20 Å². The summed E-state index contributed by atoms with van der Waals surface area (Å²) in [6.07, 6.45) is 1.78. The number of rotatable bonds is 6. The summed E-state index contributed by atoms with van der Waals surface area (Å²) in [5.74, 6) is 3.11. The summed E-state index contributed by atoms with van der Waals surface area (Å²) < 4.78 is 7.87. The molecule has 0 saturated carbocycles. The number of pyridine rings is 1. The van der Waals surface area contributed by atoms with E-state index >= 15 is 0 Å². The van der Waals surface area contributed by atoms with Crippen molar-refractivity contribution >= 4 is 34.2 Å². The second kappa shape index (κ2) is 8.20. The third kappa shape index (κ3) is 4.18. The quantitative estimate of drug-likeness (QED) is 0.348. The molecule has 0 fully saturated rings. The molecule has 2 heterocycles. The van der Waals surface area contributed by atoms with Gasteiger partial charge in [0.1, 0.15) is 22.8 Å². The van der Waals surface area contributed by atoms with Crippen LogP contribution in [0.2, 0.25) is 0 Å². The highest BCUT2D eigenvalue weighted by atomic mass is 16.5. The van der Waals surface area contributed by atoms with E-state index in [1.807, 2.05) is 103 Å². The molecule has 6 nitrogen and oxygen atoms in total. The average Bonchev–Trinajstić information content (AvgIpc) is 3.11. The van der Waals surface area contributed by atoms with Gasteiger partial charge in [0.25, 0.3) is 0 Å². The summed E-state index contributed by atoms with van der Waals surface area (Å²) in [6.45, 7) is 0. The molecule has 0 amide bonds. The van der Waals surface area contributed by atoms with Crippen LogP contribution in [0.25, 0.3) is 11.0 Å². The van der Waals surface area contributed by atoms with Crippen LogP contribution in [0.4, 0.5) is 23.1 Å². The van der Waals surface area contributed by atoms with E-state index in [9.17, 15) is 0 Å². The van der Waals surface area contributed by atoms with Gasteiger partial charge in [-0.3, -0.25) is 0 Å². The largest absolute Gasteiger partial charge is 0.457 e.